The van der Waals surface area contributed by atoms with Crippen molar-refractivity contribution in [2.24, 2.45) is 0 Å². The molecule has 8 rings (SSSR count). The Morgan fingerprint density at radius 2 is 2.07 bits per heavy atom. The molecule has 0 unspecified atom stereocenters. The molecule has 0 bridgehead atoms. The van der Waals surface area contributed by atoms with Crippen LogP contribution in [-0.4, -0.2) is 65.0 Å². The van der Waals surface area contributed by atoms with Gasteiger partial charge in [0.25, 0.3) is 0 Å². The number of hydrogen-bond donors (Lipinski definition) is 1. The number of thiophene rings is 1. The van der Waals surface area contributed by atoms with E-state index in [-0.39, 0.29) is 11.8 Å². The zero-order valence-corrected chi connectivity index (χ0v) is 26.4. The zero-order chi connectivity index (χ0) is 31.0. The smallest absolute Gasteiger partial charge is 0.186 e. The van der Waals surface area contributed by atoms with E-state index in [9.17, 15) is 10.1 Å². The normalized spacial score (nSPS) is 22.0. The van der Waals surface area contributed by atoms with Crippen LogP contribution in [0.25, 0.3) is 28.4 Å². The van der Waals surface area contributed by atoms with Gasteiger partial charge >= 0.3 is 0 Å². The van der Waals surface area contributed by atoms with E-state index in [1.807, 2.05) is 4.68 Å². The highest BCUT2D eigenvalue weighted by Gasteiger charge is 2.49. The molecule has 0 amide bonds. The number of carbonyl (C=O) groups excluding carboxylic acids is 1. The molecule has 1 spiro atoms. The molecule has 12 nitrogen and oxygen atoms in total. The number of carbonyl (C=O) groups is 1. The summed E-state index contributed by atoms with van der Waals surface area (Å²) in [5.74, 6) is 1.63. The predicted octanol–water partition coefficient (Wildman–Crippen LogP) is 5.00. The highest BCUT2D eigenvalue weighted by atomic mass is 32.1. The molecule has 0 saturated carbocycles. The lowest BCUT2D eigenvalue weighted by Crippen LogP contribution is -2.35. The average Bonchev–Trinajstić information content (AvgIpc) is 3.86. The van der Waals surface area contributed by atoms with Crippen LogP contribution in [0.4, 0.5) is 5.00 Å². The molecule has 0 aromatic carbocycles. The molecule has 2 N–H and O–H groups in total. The molecule has 1 fully saturated rings. The van der Waals surface area contributed by atoms with Crippen LogP contribution in [0.5, 0.6) is 0 Å². The number of aromatic nitrogens is 7. The first kappa shape index (κ1) is 28.1. The van der Waals surface area contributed by atoms with Crippen molar-refractivity contribution >= 4 is 33.2 Å². The molecule has 1 saturated heterocycles. The number of likely N-dealkylation sites (N-methyl/N-ethyl adjacent to an activating group) is 1. The molecule has 3 aliphatic rings. The standard InChI is InChI=1S/C32H34N10O2S/c1-17(23-8-6-13-40(23)3)42-31-21(16-35-42)30(41-14-10-22(38-41)18(2)43)36-29(37-31)26-19-7-4-11-32(27(19)44-39-26)12-5-9-24-25(32)20(15-33)28(34)45-24/h10,14,16-17,23H,4-9,11-13,34H2,1-3H3/t17-,23-,32-/m0/s1. The third kappa shape index (κ3) is 4.12. The molecule has 230 valence electrons. The highest BCUT2D eigenvalue weighted by molar-refractivity contribution is 7.16. The van der Waals surface area contributed by atoms with E-state index in [4.69, 9.17) is 25.3 Å². The summed E-state index contributed by atoms with van der Waals surface area (Å²) in [4.78, 5) is 25.8. The van der Waals surface area contributed by atoms with Crippen LogP contribution < -0.4 is 5.73 Å². The van der Waals surface area contributed by atoms with Gasteiger partial charge in [0, 0.05) is 29.6 Å². The second kappa shape index (κ2) is 10.3. The number of ketones is 1. The van der Waals surface area contributed by atoms with Gasteiger partial charge in [0.15, 0.2) is 34.5 Å². The summed E-state index contributed by atoms with van der Waals surface area (Å²) in [5.41, 5.74) is 10.1. The number of Topliss-reactive ketones (excluding diaryl/α,β-unsaturated/α-hetero) is 1. The largest absolute Gasteiger partial charge is 0.389 e. The Hall–Kier alpha value is -4.41. The molecule has 2 aliphatic carbocycles. The lowest BCUT2D eigenvalue weighted by Gasteiger charge is -2.39. The van der Waals surface area contributed by atoms with E-state index in [0.717, 1.165) is 80.2 Å². The molecular weight excluding hydrogens is 588 g/mol. The first-order valence-corrected chi connectivity index (χ1v) is 16.5. The van der Waals surface area contributed by atoms with Gasteiger partial charge in [0.2, 0.25) is 0 Å². The maximum atomic E-state index is 12.1. The highest BCUT2D eigenvalue weighted by Crippen LogP contribution is 2.55. The molecule has 5 aromatic rings. The second-order valence-electron chi connectivity index (χ2n) is 12.7. The van der Waals surface area contributed by atoms with E-state index in [1.54, 1.807) is 23.1 Å². The minimum absolute atomic E-state index is 0.0691. The fraction of sp³-hybridized carbons (Fsp3) is 0.469. The van der Waals surface area contributed by atoms with Crippen molar-refractivity contribution in [3.05, 3.63) is 51.5 Å². The molecule has 13 heteroatoms. The molecule has 5 aromatic heterocycles. The molecule has 45 heavy (non-hydrogen) atoms. The SMILES string of the molecule is CC(=O)c1ccn(-c2nc(-c3noc4c3CCC[C@@]43CCCc4sc(N)c(C#N)c43)nc3c2cnn3[C@@H](C)[C@@H]2CCCN2C)n1. The first-order chi connectivity index (χ1) is 21.8. The van der Waals surface area contributed by atoms with Gasteiger partial charge in [-0.3, -0.25) is 4.79 Å². The summed E-state index contributed by atoms with van der Waals surface area (Å²) in [7, 11) is 2.16. The second-order valence-corrected chi connectivity index (χ2v) is 13.8. The summed E-state index contributed by atoms with van der Waals surface area (Å²) in [6.45, 7) is 4.74. The Morgan fingerprint density at radius 1 is 1.24 bits per heavy atom. The number of aryl methyl sites for hydroxylation is 1. The maximum absolute atomic E-state index is 12.1. The number of nitrogens with zero attached hydrogens (tertiary/aromatic N) is 9. The van der Waals surface area contributed by atoms with Crippen LogP contribution in [0.1, 0.15) is 96.2 Å². The number of hydrogen-bond acceptors (Lipinski definition) is 11. The van der Waals surface area contributed by atoms with Crippen molar-refractivity contribution in [1.82, 2.24) is 39.6 Å². The van der Waals surface area contributed by atoms with E-state index >= 15 is 0 Å². The number of nitrogen functional groups attached to an aromatic ring is 1. The van der Waals surface area contributed by atoms with Crippen LogP contribution in [0.2, 0.25) is 0 Å². The van der Waals surface area contributed by atoms with Crippen molar-refractivity contribution in [1.29, 1.82) is 5.26 Å². The summed E-state index contributed by atoms with van der Waals surface area (Å²) in [5, 5.41) is 25.4. The Labute approximate surface area is 263 Å². The van der Waals surface area contributed by atoms with Crippen molar-refractivity contribution in [3.8, 4) is 23.4 Å². The fourth-order valence-electron chi connectivity index (χ4n) is 8.04. The topological polar surface area (TPSA) is 158 Å². The number of nitriles is 1. The predicted molar refractivity (Wildman–Crippen MR) is 168 cm³/mol. The fourth-order valence-corrected chi connectivity index (χ4v) is 9.21. The van der Waals surface area contributed by atoms with Gasteiger partial charge in [0.1, 0.15) is 16.8 Å². The van der Waals surface area contributed by atoms with Crippen molar-refractivity contribution in [2.75, 3.05) is 19.3 Å². The summed E-state index contributed by atoms with van der Waals surface area (Å²) in [6.07, 6.45) is 11.1. The Bertz CT molecular complexity index is 2020. The van der Waals surface area contributed by atoms with Crippen LogP contribution in [0.15, 0.2) is 23.0 Å². The molecular formula is C32H34N10O2S. The van der Waals surface area contributed by atoms with Crippen LogP contribution >= 0.6 is 11.3 Å². The van der Waals surface area contributed by atoms with Gasteiger partial charge in [-0.1, -0.05) is 5.16 Å². The van der Waals surface area contributed by atoms with Gasteiger partial charge in [-0.2, -0.15) is 15.5 Å². The molecule has 3 atom stereocenters. The molecule has 6 heterocycles. The molecule has 0 radical (unpaired) electrons. The minimum atomic E-state index is -0.444. The Kier molecular flexibility index (Phi) is 6.44. The van der Waals surface area contributed by atoms with Crippen LogP contribution in [-0.2, 0) is 18.3 Å². The van der Waals surface area contributed by atoms with Crippen molar-refractivity contribution in [3.63, 3.8) is 0 Å². The Balaban J connectivity index is 1.32. The summed E-state index contributed by atoms with van der Waals surface area (Å²) in [6, 6.07) is 4.48. The zero-order valence-electron chi connectivity index (χ0n) is 25.6. The van der Waals surface area contributed by atoms with Crippen molar-refractivity contribution in [2.45, 2.75) is 82.7 Å². The summed E-state index contributed by atoms with van der Waals surface area (Å²) < 4.78 is 9.89. The van der Waals surface area contributed by atoms with E-state index in [0.29, 0.717) is 45.3 Å². The third-order valence-electron chi connectivity index (χ3n) is 10.2. The number of rotatable bonds is 5. The van der Waals surface area contributed by atoms with Gasteiger partial charge < -0.3 is 15.2 Å². The number of nitrogens with two attached hydrogens (primary N) is 1. The van der Waals surface area contributed by atoms with Gasteiger partial charge in [-0.15, -0.1) is 11.3 Å². The Morgan fingerprint density at radius 3 is 2.80 bits per heavy atom. The monoisotopic (exact) mass is 622 g/mol. The summed E-state index contributed by atoms with van der Waals surface area (Å²) >= 11 is 1.53. The van der Waals surface area contributed by atoms with Crippen molar-refractivity contribution < 1.29 is 9.32 Å². The number of fused-ring (bicyclic) bond motifs is 5. The lowest BCUT2D eigenvalue weighted by molar-refractivity contribution is 0.101. The van der Waals surface area contributed by atoms with E-state index < -0.39 is 5.41 Å². The lowest BCUT2D eigenvalue weighted by atomic mass is 9.63. The third-order valence-corrected chi connectivity index (χ3v) is 11.3. The van der Waals surface area contributed by atoms with Gasteiger partial charge in [-0.05, 0) is 83.5 Å². The maximum Gasteiger partial charge on any atom is 0.186 e. The quantitative estimate of drug-likeness (QED) is 0.265. The van der Waals surface area contributed by atoms with E-state index in [1.165, 1.54) is 23.1 Å². The molecule has 1 aliphatic heterocycles. The minimum Gasteiger partial charge on any atom is -0.389 e. The average molecular weight is 623 g/mol. The number of anilines is 1. The first-order valence-electron chi connectivity index (χ1n) is 15.6. The van der Waals surface area contributed by atoms with E-state index in [2.05, 4.69) is 35.2 Å². The number of likely N-dealkylation sites (tertiary alicyclic amines) is 1. The van der Waals surface area contributed by atoms with Gasteiger partial charge in [0.05, 0.1) is 28.6 Å². The van der Waals surface area contributed by atoms with Crippen LogP contribution in [0.3, 0.4) is 0 Å². The van der Waals surface area contributed by atoms with Crippen LogP contribution in [0, 0.1) is 11.3 Å². The van der Waals surface area contributed by atoms with Gasteiger partial charge in [-0.25, -0.2) is 19.3 Å².